The Hall–Kier alpha value is -1.88. The SMILES string of the molecule is CCN(CC(C)(C)COCC(C)(C)CN(Cc1ccccc1)C(=O)C(C)C)C(C)=O. The molecule has 0 aliphatic heterocycles. The number of hydrogen-bond donors (Lipinski definition) is 0. The fourth-order valence-corrected chi connectivity index (χ4v) is 3.55. The molecule has 0 aliphatic carbocycles. The van der Waals surface area contributed by atoms with Gasteiger partial charge >= 0.3 is 0 Å². The monoisotopic (exact) mass is 418 g/mol. The van der Waals surface area contributed by atoms with Crippen molar-refractivity contribution in [2.24, 2.45) is 16.7 Å². The van der Waals surface area contributed by atoms with E-state index < -0.39 is 0 Å². The minimum atomic E-state index is -0.180. The summed E-state index contributed by atoms with van der Waals surface area (Å²) in [6.45, 7) is 19.7. The molecule has 0 radical (unpaired) electrons. The minimum absolute atomic E-state index is 0.0454. The molecule has 30 heavy (non-hydrogen) atoms. The third-order valence-corrected chi connectivity index (χ3v) is 5.07. The molecule has 5 nitrogen and oxygen atoms in total. The summed E-state index contributed by atoms with van der Waals surface area (Å²) in [7, 11) is 0. The Morgan fingerprint density at radius 3 is 1.87 bits per heavy atom. The molecular formula is C25H42N2O3. The molecule has 0 aromatic heterocycles. The molecule has 2 amide bonds. The van der Waals surface area contributed by atoms with Crippen LogP contribution in [0.3, 0.4) is 0 Å². The van der Waals surface area contributed by atoms with Crippen molar-refractivity contribution in [3.8, 4) is 0 Å². The predicted molar refractivity (Wildman–Crippen MR) is 123 cm³/mol. The number of carbonyl (C=O) groups is 2. The summed E-state index contributed by atoms with van der Waals surface area (Å²) in [5, 5.41) is 0. The van der Waals surface area contributed by atoms with Gasteiger partial charge in [0.25, 0.3) is 0 Å². The van der Waals surface area contributed by atoms with Crippen molar-refractivity contribution in [2.45, 2.75) is 61.9 Å². The topological polar surface area (TPSA) is 49.9 Å². The van der Waals surface area contributed by atoms with Gasteiger partial charge in [-0.1, -0.05) is 71.9 Å². The zero-order valence-electron chi connectivity index (χ0n) is 20.3. The summed E-state index contributed by atoms with van der Waals surface area (Å²) in [4.78, 5) is 28.3. The molecular weight excluding hydrogens is 376 g/mol. The van der Waals surface area contributed by atoms with Crippen LogP contribution in [0.15, 0.2) is 30.3 Å². The van der Waals surface area contributed by atoms with Crippen LogP contribution in [-0.4, -0.2) is 54.5 Å². The molecule has 0 bridgehead atoms. The number of carbonyl (C=O) groups excluding carboxylic acids is 2. The standard InChI is InChI=1S/C25H42N2O3/c1-9-26(21(4)28)16-24(5,6)18-30-19-25(7,8)17-27(23(29)20(2)3)15-22-13-11-10-12-14-22/h10-14,20H,9,15-19H2,1-8H3. The van der Waals surface area contributed by atoms with Gasteiger partial charge in [0, 0.05) is 49.9 Å². The highest BCUT2D eigenvalue weighted by Crippen LogP contribution is 2.24. The lowest BCUT2D eigenvalue weighted by Crippen LogP contribution is -2.43. The molecule has 1 aromatic carbocycles. The van der Waals surface area contributed by atoms with Gasteiger partial charge in [-0.25, -0.2) is 0 Å². The van der Waals surface area contributed by atoms with Gasteiger partial charge < -0.3 is 14.5 Å². The number of nitrogens with zero attached hydrogens (tertiary/aromatic N) is 2. The molecule has 0 saturated carbocycles. The van der Waals surface area contributed by atoms with Gasteiger partial charge in [0.05, 0.1) is 13.2 Å². The van der Waals surface area contributed by atoms with Gasteiger partial charge in [0.2, 0.25) is 11.8 Å². The second-order valence-corrected chi connectivity index (χ2v) is 10.2. The van der Waals surface area contributed by atoms with Crippen LogP contribution < -0.4 is 0 Å². The number of ether oxygens (including phenoxy) is 1. The fourth-order valence-electron chi connectivity index (χ4n) is 3.55. The van der Waals surface area contributed by atoms with E-state index in [9.17, 15) is 9.59 Å². The first-order valence-corrected chi connectivity index (χ1v) is 11.0. The molecule has 0 heterocycles. The van der Waals surface area contributed by atoms with Crippen LogP contribution in [0.25, 0.3) is 0 Å². The Balaban J connectivity index is 2.71. The van der Waals surface area contributed by atoms with Crippen LogP contribution in [0.4, 0.5) is 0 Å². The van der Waals surface area contributed by atoms with Crippen molar-refractivity contribution in [2.75, 3.05) is 32.8 Å². The highest BCUT2D eigenvalue weighted by molar-refractivity contribution is 5.78. The highest BCUT2D eigenvalue weighted by atomic mass is 16.5. The summed E-state index contributed by atoms with van der Waals surface area (Å²) in [6, 6.07) is 10.1. The lowest BCUT2D eigenvalue weighted by molar-refractivity contribution is -0.137. The molecule has 1 aromatic rings. The maximum absolute atomic E-state index is 12.8. The van der Waals surface area contributed by atoms with E-state index in [1.807, 2.05) is 48.8 Å². The van der Waals surface area contributed by atoms with E-state index in [4.69, 9.17) is 4.74 Å². The first-order valence-electron chi connectivity index (χ1n) is 11.0. The molecule has 0 unspecified atom stereocenters. The number of rotatable bonds is 12. The van der Waals surface area contributed by atoms with Crippen molar-refractivity contribution in [1.29, 1.82) is 0 Å². The van der Waals surface area contributed by atoms with Crippen molar-refractivity contribution in [1.82, 2.24) is 9.80 Å². The minimum Gasteiger partial charge on any atom is -0.380 e. The molecule has 0 spiro atoms. The van der Waals surface area contributed by atoms with E-state index in [-0.39, 0.29) is 28.6 Å². The number of amides is 2. The maximum atomic E-state index is 12.8. The molecule has 0 saturated heterocycles. The summed E-state index contributed by atoms with van der Waals surface area (Å²) in [5.41, 5.74) is 0.823. The number of benzene rings is 1. The van der Waals surface area contributed by atoms with Crippen LogP contribution in [0.1, 0.15) is 61.0 Å². The van der Waals surface area contributed by atoms with E-state index >= 15 is 0 Å². The lowest BCUT2D eigenvalue weighted by atomic mass is 9.91. The normalized spacial score (nSPS) is 12.2. The zero-order chi connectivity index (χ0) is 22.9. The van der Waals surface area contributed by atoms with Crippen molar-refractivity contribution in [3.05, 3.63) is 35.9 Å². The van der Waals surface area contributed by atoms with Crippen LogP contribution in [0.5, 0.6) is 0 Å². The Bertz CT molecular complexity index is 668. The molecule has 0 fully saturated rings. The Labute approximate surface area is 183 Å². The Morgan fingerprint density at radius 2 is 1.43 bits per heavy atom. The quantitative estimate of drug-likeness (QED) is 0.498. The summed E-state index contributed by atoms with van der Waals surface area (Å²) >= 11 is 0. The van der Waals surface area contributed by atoms with Gasteiger partial charge in [-0.3, -0.25) is 9.59 Å². The number of hydrogen-bond acceptors (Lipinski definition) is 3. The smallest absolute Gasteiger partial charge is 0.225 e. The summed E-state index contributed by atoms with van der Waals surface area (Å²) in [6.07, 6.45) is 0. The summed E-state index contributed by atoms with van der Waals surface area (Å²) in [5.74, 6) is 0.206. The van der Waals surface area contributed by atoms with Crippen LogP contribution >= 0.6 is 0 Å². The highest BCUT2D eigenvalue weighted by Gasteiger charge is 2.29. The third-order valence-electron chi connectivity index (χ3n) is 5.07. The molecule has 1 rings (SSSR count). The molecule has 5 heteroatoms. The van der Waals surface area contributed by atoms with Gasteiger partial charge in [-0.05, 0) is 12.5 Å². The Morgan fingerprint density at radius 1 is 0.933 bits per heavy atom. The first kappa shape index (κ1) is 26.2. The molecule has 170 valence electrons. The first-order chi connectivity index (χ1) is 13.9. The second kappa shape index (κ2) is 11.5. The third kappa shape index (κ3) is 9.29. The average Bonchev–Trinajstić information content (AvgIpc) is 2.65. The van der Waals surface area contributed by atoms with Gasteiger partial charge in [0.15, 0.2) is 0 Å². The zero-order valence-corrected chi connectivity index (χ0v) is 20.3. The molecule has 0 N–H and O–H groups in total. The van der Waals surface area contributed by atoms with Gasteiger partial charge in [-0.2, -0.15) is 0 Å². The van der Waals surface area contributed by atoms with E-state index in [2.05, 4.69) is 39.8 Å². The largest absolute Gasteiger partial charge is 0.380 e. The van der Waals surface area contributed by atoms with Crippen molar-refractivity contribution < 1.29 is 14.3 Å². The maximum Gasteiger partial charge on any atom is 0.225 e. The van der Waals surface area contributed by atoms with E-state index in [0.29, 0.717) is 39.4 Å². The van der Waals surface area contributed by atoms with Crippen LogP contribution in [0.2, 0.25) is 0 Å². The van der Waals surface area contributed by atoms with Crippen LogP contribution in [0, 0.1) is 16.7 Å². The van der Waals surface area contributed by atoms with Crippen molar-refractivity contribution in [3.63, 3.8) is 0 Å². The summed E-state index contributed by atoms with van der Waals surface area (Å²) < 4.78 is 6.10. The van der Waals surface area contributed by atoms with Crippen molar-refractivity contribution >= 4 is 11.8 Å². The van der Waals surface area contributed by atoms with E-state index in [0.717, 1.165) is 5.56 Å². The molecule has 0 aliphatic rings. The van der Waals surface area contributed by atoms with E-state index in [1.165, 1.54) is 0 Å². The predicted octanol–water partition coefficient (Wildman–Crippen LogP) is 4.61. The van der Waals surface area contributed by atoms with E-state index in [1.54, 1.807) is 6.92 Å². The lowest BCUT2D eigenvalue weighted by Gasteiger charge is -2.36. The molecule has 0 atom stereocenters. The van der Waals surface area contributed by atoms with Crippen LogP contribution in [-0.2, 0) is 20.9 Å². The van der Waals surface area contributed by atoms with Gasteiger partial charge in [-0.15, -0.1) is 0 Å². The van der Waals surface area contributed by atoms with Gasteiger partial charge in [0.1, 0.15) is 0 Å². The fraction of sp³-hybridized carbons (Fsp3) is 0.680. The Kier molecular flexibility index (Phi) is 10.0. The second-order valence-electron chi connectivity index (χ2n) is 10.2. The average molecular weight is 419 g/mol.